The lowest BCUT2D eigenvalue weighted by molar-refractivity contribution is 0.102. The summed E-state index contributed by atoms with van der Waals surface area (Å²) in [6, 6.07) is 13.2. The van der Waals surface area contributed by atoms with Gasteiger partial charge in [-0.2, -0.15) is 4.31 Å². The van der Waals surface area contributed by atoms with Gasteiger partial charge in [0, 0.05) is 30.4 Å². The van der Waals surface area contributed by atoms with Crippen molar-refractivity contribution in [1.29, 1.82) is 0 Å². The van der Waals surface area contributed by atoms with E-state index in [4.69, 9.17) is 4.74 Å². The van der Waals surface area contributed by atoms with Gasteiger partial charge < -0.3 is 10.1 Å². The van der Waals surface area contributed by atoms with Crippen molar-refractivity contribution in [3.05, 3.63) is 54.1 Å². The van der Waals surface area contributed by atoms with Gasteiger partial charge in [-0.15, -0.1) is 0 Å². The molecule has 1 N–H and O–H groups in total. The lowest BCUT2D eigenvalue weighted by atomic mass is 10.0. The van der Waals surface area contributed by atoms with Gasteiger partial charge in [-0.1, -0.05) is 19.1 Å². The maximum Gasteiger partial charge on any atom is 0.255 e. The number of anilines is 1. The van der Waals surface area contributed by atoms with Gasteiger partial charge in [0.05, 0.1) is 12.0 Å². The van der Waals surface area contributed by atoms with E-state index in [2.05, 4.69) is 12.2 Å². The summed E-state index contributed by atoms with van der Waals surface area (Å²) in [4.78, 5) is 12.7. The summed E-state index contributed by atoms with van der Waals surface area (Å²) < 4.78 is 32.4. The molecule has 1 amide bonds. The number of piperidine rings is 1. The number of rotatable bonds is 5. The lowest BCUT2D eigenvalue weighted by Crippen LogP contribution is -2.37. The second-order valence-electron chi connectivity index (χ2n) is 6.80. The van der Waals surface area contributed by atoms with Crippen LogP contribution in [0.5, 0.6) is 5.75 Å². The van der Waals surface area contributed by atoms with Crippen molar-refractivity contribution in [2.75, 3.05) is 25.5 Å². The topological polar surface area (TPSA) is 75.7 Å². The number of amides is 1. The van der Waals surface area contributed by atoms with E-state index >= 15 is 0 Å². The smallest absolute Gasteiger partial charge is 0.255 e. The summed E-state index contributed by atoms with van der Waals surface area (Å²) in [5, 5.41) is 2.77. The Kier molecular flexibility index (Phi) is 5.82. The van der Waals surface area contributed by atoms with Gasteiger partial charge in [0.2, 0.25) is 10.0 Å². The van der Waals surface area contributed by atoms with Crippen LogP contribution in [0.4, 0.5) is 5.69 Å². The normalized spacial score (nSPS) is 16.1. The third kappa shape index (κ3) is 4.48. The SMILES string of the molecule is COc1cccc(NC(=O)c2cccc(S(=O)(=O)N3CCC(C)CC3)c2)c1. The van der Waals surface area contributed by atoms with Crippen LogP contribution in [-0.2, 0) is 10.0 Å². The van der Waals surface area contributed by atoms with Crippen molar-refractivity contribution in [2.45, 2.75) is 24.7 Å². The highest BCUT2D eigenvalue weighted by Gasteiger charge is 2.28. The molecule has 1 saturated heterocycles. The van der Waals surface area contributed by atoms with Crippen LogP contribution in [0, 0.1) is 5.92 Å². The van der Waals surface area contributed by atoms with Crippen molar-refractivity contribution >= 4 is 21.6 Å². The fourth-order valence-corrected chi connectivity index (χ4v) is 4.59. The van der Waals surface area contributed by atoms with E-state index in [9.17, 15) is 13.2 Å². The Morgan fingerprint density at radius 1 is 1.11 bits per heavy atom. The zero-order valence-corrected chi connectivity index (χ0v) is 16.3. The number of methoxy groups -OCH3 is 1. The lowest BCUT2D eigenvalue weighted by Gasteiger charge is -2.29. The molecule has 144 valence electrons. The molecule has 1 aliphatic heterocycles. The minimum absolute atomic E-state index is 0.148. The van der Waals surface area contributed by atoms with E-state index in [-0.39, 0.29) is 10.8 Å². The van der Waals surface area contributed by atoms with Gasteiger partial charge in [-0.3, -0.25) is 4.79 Å². The third-order valence-corrected chi connectivity index (χ3v) is 6.70. The number of nitrogens with one attached hydrogen (secondary N) is 1. The number of carbonyl (C=O) groups excluding carboxylic acids is 1. The monoisotopic (exact) mass is 388 g/mol. The summed E-state index contributed by atoms with van der Waals surface area (Å²) in [7, 11) is -2.04. The fourth-order valence-electron chi connectivity index (χ4n) is 3.08. The van der Waals surface area contributed by atoms with Crippen molar-refractivity contribution in [3.63, 3.8) is 0 Å². The minimum Gasteiger partial charge on any atom is -0.497 e. The molecule has 1 heterocycles. The molecule has 1 fully saturated rings. The van der Waals surface area contributed by atoms with Gasteiger partial charge in [0.15, 0.2) is 0 Å². The molecule has 0 radical (unpaired) electrons. The van der Waals surface area contributed by atoms with Gasteiger partial charge in [0.25, 0.3) is 5.91 Å². The van der Waals surface area contributed by atoms with Gasteiger partial charge in [-0.05, 0) is 49.1 Å². The highest BCUT2D eigenvalue weighted by molar-refractivity contribution is 7.89. The van der Waals surface area contributed by atoms with Crippen LogP contribution in [0.1, 0.15) is 30.1 Å². The predicted molar refractivity (Wildman–Crippen MR) is 105 cm³/mol. The largest absolute Gasteiger partial charge is 0.497 e. The van der Waals surface area contributed by atoms with E-state index < -0.39 is 10.0 Å². The molecule has 0 saturated carbocycles. The number of sulfonamides is 1. The van der Waals surface area contributed by atoms with Crippen LogP contribution in [-0.4, -0.2) is 38.8 Å². The molecular weight excluding hydrogens is 364 g/mol. The zero-order chi connectivity index (χ0) is 19.4. The van der Waals surface area contributed by atoms with E-state index in [1.165, 1.54) is 16.4 Å². The van der Waals surface area contributed by atoms with Crippen LogP contribution in [0.3, 0.4) is 0 Å². The number of ether oxygens (including phenoxy) is 1. The quantitative estimate of drug-likeness (QED) is 0.852. The van der Waals surface area contributed by atoms with Gasteiger partial charge >= 0.3 is 0 Å². The van der Waals surface area contributed by atoms with Crippen molar-refractivity contribution < 1.29 is 17.9 Å². The van der Waals surface area contributed by atoms with E-state index in [1.54, 1.807) is 43.5 Å². The van der Waals surface area contributed by atoms with E-state index in [1.807, 2.05) is 0 Å². The van der Waals surface area contributed by atoms with Crippen molar-refractivity contribution in [3.8, 4) is 5.75 Å². The molecule has 27 heavy (non-hydrogen) atoms. The molecule has 0 atom stereocenters. The van der Waals surface area contributed by atoms with E-state index in [0.29, 0.717) is 36.0 Å². The Morgan fingerprint density at radius 2 is 1.81 bits per heavy atom. The number of hydrogen-bond acceptors (Lipinski definition) is 4. The molecule has 7 heteroatoms. The van der Waals surface area contributed by atoms with Crippen LogP contribution in [0.15, 0.2) is 53.4 Å². The third-order valence-electron chi connectivity index (χ3n) is 4.80. The summed E-state index contributed by atoms with van der Waals surface area (Å²) >= 11 is 0. The molecule has 6 nitrogen and oxygen atoms in total. The maximum atomic E-state index is 12.9. The summed E-state index contributed by atoms with van der Waals surface area (Å²) in [5.74, 6) is 0.799. The van der Waals surface area contributed by atoms with Gasteiger partial charge in [-0.25, -0.2) is 8.42 Å². The zero-order valence-electron chi connectivity index (χ0n) is 15.5. The molecule has 1 aliphatic rings. The summed E-state index contributed by atoms with van der Waals surface area (Å²) in [5.41, 5.74) is 0.877. The molecule has 0 spiro atoms. The number of hydrogen-bond donors (Lipinski definition) is 1. The van der Waals surface area contributed by atoms with Crippen molar-refractivity contribution in [2.24, 2.45) is 5.92 Å². The number of benzene rings is 2. The molecule has 0 unspecified atom stereocenters. The van der Waals surface area contributed by atoms with Crippen LogP contribution < -0.4 is 10.1 Å². The maximum absolute atomic E-state index is 12.9. The molecule has 2 aromatic carbocycles. The first-order valence-electron chi connectivity index (χ1n) is 8.96. The average molecular weight is 388 g/mol. The molecule has 0 bridgehead atoms. The highest BCUT2D eigenvalue weighted by atomic mass is 32.2. The van der Waals surface area contributed by atoms with Crippen LogP contribution in [0.25, 0.3) is 0 Å². The summed E-state index contributed by atoms with van der Waals surface area (Å²) in [6.45, 7) is 3.17. The molecule has 3 rings (SSSR count). The average Bonchev–Trinajstić information content (AvgIpc) is 2.68. The Hall–Kier alpha value is -2.38. The Morgan fingerprint density at radius 3 is 2.52 bits per heavy atom. The molecule has 0 aromatic heterocycles. The second-order valence-corrected chi connectivity index (χ2v) is 8.74. The van der Waals surface area contributed by atoms with Crippen molar-refractivity contribution in [1.82, 2.24) is 4.31 Å². The minimum atomic E-state index is -3.59. The first-order valence-corrected chi connectivity index (χ1v) is 10.4. The Labute approximate surface area is 160 Å². The predicted octanol–water partition coefficient (Wildman–Crippen LogP) is 3.37. The van der Waals surface area contributed by atoms with E-state index in [0.717, 1.165) is 12.8 Å². The Bertz CT molecular complexity index is 919. The highest BCUT2D eigenvalue weighted by Crippen LogP contribution is 2.24. The number of nitrogens with zero attached hydrogens (tertiary/aromatic N) is 1. The summed E-state index contributed by atoms with van der Waals surface area (Å²) in [6.07, 6.45) is 1.71. The molecule has 2 aromatic rings. The first-order chi connectivity index (χ1) is 12.9. The van der Waals surface area contributed by atoms with Crippen LogP contribution >= 0.6 is 0 Å². The number of carbonyl (C=O) groups is 1. The molecule has 0 aliphatic carbocycles. The molecular formula is C20H24N2O4S. The first kappa shape index (κ1) is 19.4. The second kappa shape index (κ2) is 8.10. The van der Waals surface area contributed by atoms with Gasteiger partial charge in [0.1, 0.15) is 5.75 Å². The fraction of sp³-hybridized carbons (Fsp3) is 0.350. The van der Waals surface area contributed by atoms with Crippen LogP contribution in [0.2, 0.25) is 0 Å². The standard InChI is InChI=1S/C20H24N2O4S/c1-15-9-11-22(12-10-15)27(24,25)19-8-3-5-16(13-19)20(23)21-17-6-4-7-18(14-17)26-2/h3-8,13-15H,9-12H2,1-2H3,(H,21,23). The Balaban J connectivity index is 1.79.